The number of aromatic nitrogens is 3. The van der Waals surface area contributed by atoms with E-state index < -0.39 is 0 Å². The van der Waals surface area contributed by atoms with E-state index in [1.54, 1.807) is 62.4 Å². The largest absolute Gasteiger partial charge is 0.339 e. The first-order valence-electron chi connectivity index (χ1n) is 7.52. The lowest BCUT2D eigenvalue weighted by Crippen LogP contribution is -2.58. The van der Waals surface area contributed by atoms with Gasteiger partial charge in [-0.3, -0.25) is 9.59 Å². The monoisotopic (exact) mass is 321 g/mol. The van der Waals surface area contributed by atoms with Crippen molar-refractivity contribution < 1.29 is 14.4 Å². The minimum absolute atomic E-state index is 0.314. The molecule has 0 aliphatic rings. The molecule has 1 N–H and O–H groups in total. The third-order valence-corrected chi connectivity index (χ3v) is 3.72. The number of carbonyl (C=O) groups excluding carboxylic acids is 2. The molecule has 0 aliphatic carbocycles. The first-order valence-corrected chi connectivity index (χ1v) is 7.52. The average Bonchev–Trinajstić information content (AvgIpc) is 2.91. The summed E-state index contributed by atoms with van der Waals surface area (Å²) in [6.45, 7) is 3.58. The van der Waals surface area contributed by atoms with Gasteiger partial charge in [0, 0.05) is 25.0 Å². The molecular weight excluding hydrogens is 304 g/mol. The maximum Gasteiger partial charge on any atom is 0.339 e. The van der Waals surface area contributed by atoms with Crippen LogP contribution in [0, 0.1) is 13.8 Å². The number of nitrogens with zero attached hydrogens (tertiary/aromatic N) is 3. The molecule has 0 saturated heterocycles. The van der Waals surface area contributed by atoms with Crippen LogP contribution in [0.4, 0.5) is 0 Å². The Bertz CT molecular complexity index is 886. The zero-order valence-corrected chi connectivity index (χ0v) is 13.4. The van der Waals surface area contributed by atoms with Crippen molar-refractivity contribution in [2.45, 2.75) is 13.8 Å². The van der Waals surface area contributed by atoms with E-state index in [1.807, 2.05) is 12.1 Å². The highest BCUT2D eigenvalue weighted by Gasteiger charge is 2.28. The summed E-state index contributed by atoms with van der Waals surface area (Å²) in [7, 11) is 0. The zero-order chi connectivity index (χ0) is 17.1. The molecule has 1 heterocycles. The van der Waals surface area contributed by atoms with E-state index in [0.717, 1.165) is 0 Å². The van der Waals surface area contributed by atoms with Crippen LogP contribution in [0.15, 0.2) is 60.7 Å². The van der Waals surface area contributed by atoms with E-state index in [-0.39, 0.29) is 11.8 Å². The normalized spacial score (nSPS) is 10.4. The molecule has 120 valence electrons. The number of amides is 1. The van der Waals surface area contributed by atoms with Crippen molar-refractivity contribution in [3.63, 3.8) is 0 Å². The lowest BCUT2D eigenvalue weighted by Gasteiger charge is -2.05. The highest BCUT2D eigenvalue weighted by molar-refractivity contribution is 5.99. The van der Waals surface area contributed by atoms with Crippen LogP contribution in [0.25, 0.3) is 0 Å². The van der Waals surface area contributed by atoms with Gasteiger partial charge in [0.1, 0.15) is 0 Å². The molecule has 0 radical (unpaired) electrons. The lowest BCUT2D eigenvalue weighted by molar-refractivity contribution is -0.723. The topological polar surface area (TPSA) is 67.9 Å². The summed E-state index contributed by atoms with van der Waals surface area (Å²) >= 11 is 0. The van der Waals surface area contributed by atoms with Gasteiger partial charge in [-0.1, -0.05) is 36.4 Å². The molecular formula is C18H17N4O2+. The maximum atomic E-state index is 12.7. The smallest absolute Gasteiger partial charge is 0.266 e. The zero-order valence-electron chi connectivity index (χ0n) is 13.4. The summed E-state index contributed by atoms with van der Waals surface area (Å²) in [4.78, 5) is 27.6. The van der Waals surface area contributed by atoms with Crippen molar-refractivity contribution in [1.29, 1.82) is 0 Å². The van der Waals surface area contributed by atoms with Gasteiger partial charge in [0.15, 0.2) is 0 Å². The number of hydrogen-bond donors (Lipinski definition) is 1. The molecule has 0 bridgehead atoms. The van der Waals surface area contributed by atoms with Crippen molar-refractivity contribution in [2.24, 2.45) is 0 Å². The Kier molecular flexibility index (Phi) is 4.20. The van der Waals surface area contributed by atoms with Crippen LogP contribution >= 0.6 is 0 Å². The SMILES string of the molecule is Cc1nn(C(=O)c2ccccc2)[n+](NC(=O)c2ccccc2)c1C. The van der Waals surface area contributed by atoms with Gasteiger partial charge in [0.2, 0.25) is 11.4 Å². The Morgan fingerprint density at radius 1 is 0.917 bits per heavy atom. The Hall–Kier alpha value is -3.28. The third kappa shape index (κ3) is 2.94. The third-order valence-electron chi connectivity index (χ3n) is 3.72. The van der Waals surface area contributed by atoms with Crippen molar-refractivity contribution in [3.8, 4) is 0 Å². The van der Waals surface area contributed by atoms with Gasteiger partial charge in [-0.15, -0.1) is 0 Å². The van der Waals surface area contributed by atoms with Crippen LogP contribution in [0.5, 0.6) is 0 Å². The predicted molar refractivity (Wildman–Crippen MR) is 88.2 cm³/mol. The van der Waals surface area contributed by atoms with Crippen LogP contribution in [-0.2, 0) is 0 Å². The van der Waals surface area contributed by atoms with Crippen LogP contribution < -0.4 is 10.2 Å². The number of hydrogen-bond acceptors (Lipinski definition) is 3. The molecule has 1 amide bonds. The molecule has 0 spiro atoms. The number of nitrogens with one attached hydrogen (secondary N) is 1. The van der Waals surface area contributed by atoms with Gasteiger partial charge >= 0.3 is 5.91 Å². The molecule has 2 aromatic carbocycles. The van der Waals surface area contributed by atoms with Crippen LogP contribution in [0.1, 0.15) is 32.1 Å². The molecule has 0 unspecified atom stereocenters. The summed E-state index contributed by atoms with van der Waals surface area (Å²) < 4.78 is 0. The van der Waals surface area contributed by atoms with Gasteiger partial charge in [0.05, 0.1) is 9.90 Å². The molecule has 3 aromatic rings. The standard InChI is InChI=1S/C18H16N4O2/c1-13-14(2)21(20-17(23)15-9-5-3-6-10-15)22(19-13)18(24)16-11-7-4-8-12-16/h3-12H,1-2H3/p+1. The van der Waals surface area contributed by atoms with Crippen LogP contribution in [0.3, 0.4) is 0 Å². The second-order valence-corrected chi connectivity index (χ2v) is 5.35. The highest BCUT2D eigenvalue weighted by Crippen LogP contribution is 2.04. The minimum Gasteiger partial charge on any atom is -0.266 e. The molecule has 24 heavy (non-hydrogen) atoms. The Labute approximate surface area is 139 Å². The highest BCUT2D eigenvalue weighted by atomic mass is 16.2. The van der Waals surface area contributed by atoms with Gasteiger partial charge < -0.3 is 0 Å². The van der Waals surface area contributed by atoms with E-state index in [9.17, 15) is 9.59 Å². The molecule has 6 heteroatoms. The van der Waals surface area contributed by atoms with E-state index in [1.165, 1.54) is 9.59 Å². The molecule has 1 aromatic heterocycles. The fourth-order valence-electron chi connectivity index (χ4n) is 2.27. The number of carbonyl (C=O) groups is 2. The molecule has 0 saturated carbocycles. The molecule has 6 nitrogen and oxygen atoms in total. The number of benzene rings is 2. The maximum absolute atomic E-state index is 12.7. The summed E-state index contributed by atoms with van der Waals surface area (Å²) in [6.07, 6.45) is 0. The number of rotatable bonds is 3. The second-order valence-electron chi connectivity index (χ2n) is 5.35. The van der Waals surface area contributed by atoms with E-state index in [4.69, 9.17) is 0 Å². The summed E-state index contributed by atoms with van der Waals surface area (Å²) in [5.41, 5.74) is 5.06. The van der Waals surface area contributed by atoms with Crippen molar-refractivity contribution in [3.05, 3.63) is 83.2 Å². The van der Waals surface area contributed by atoms with Crippen LogP contribution in [-0.4, -0.2) is 21.7 Å². The van der Waals surface area contributed by atoms with Crippen molar-refractivity contribution in [1.82, 2.24) is 9.90 Å². The van der Waals surface area contributed by atoms with Gasteiger partial charge in [0.25, 0.3) is 5.91 Å². The lowest BCUT2D eigenvalue weighted by atomic mass is 10.2. The average molecular weight is 321 g/mol. The van der Waals surface area contributed by atoms with E-state index in [0.29, 0.717) is 22.5 Å². The Morgan fingerprint density at radius 3 is 2.04 bits per heavy atom. The van der Waals surface area contributed by atoms with Gasteiger partial charge in [-0.25, -0.2) is 0 Å². The molecule has 0 atom stereocenters. The Balaban J connectivity index is 1.97. The van der Waals surface area contributed by atoms with Crippen molar-refractivity contribution in [2.75, 3.05) is 5.43 Å². The van der Waals surface area contributed by atoms with E-state index >= 15 is 0 Å². The predicted octanol–water partition coefficient (Wildman–Crippen LogP) is 1.86. The molecule has 0 fully saturated rings. The fourth-order valence-corrected chi connectivity index (χ4v) is 2.27. The van der Waals surface area contributed by atoms with Crippen LogP contribution in [0.2, 0.25) is 0 Å². The van der Waals surface area contributed by atoms with Gasteiger partial charge in [-0.2, -0.15) is 5.43 Å². The molecule has 3 rings (SSSR count). The van der Waals surface area contributed by atoms with Gasteiger partial charge in [-0.05, 0) is 29.1 Å². The summed E-state index contributed by atoms with van der Waals surface area (Å²) in [5, 5.41) is 4.25. The Morgan fingerprint density at radius 2 is 1.46 bits per heavy atom. The van der Waals surface area contributed by atoms with E-state index in [2.05, 4.69) is 10.5 Å². The number of aryl methyl sites for hydroxylation is 1. The minimum atomic E-state index is -0.319. The quantitative estimate of drug-likeness (QED) is 0.749. The summed E-state index contributed by atoms with van der Waals surface area (Å²) in [5.74, 6) is -0.633. The fraction of sp³-hybridized carbons (Fsp3) is 0.111. The molecule has 0 aliphatic heterocycles. The summed E-state index contributed by atoms with van der Waals surface area (Å²) in [6, 6.07) is 17.6. The first kappa shape index (κ1) is 15.6. The first-order chi connectivity index (χ1) is 11.6. The van der Waals surface area contributed by atoms with Crippen molar-refractivity contribution >= 4 is 11.8 Å². The second kappa shape index (κ2) is 6.45.